The molecule has 2 heterocycles. The van der Waals surface area contributed by atoms with Crippen molar-refractivity contribution in [2.75, 3.05) is 13.6 Å². The Kier molecular flexibility index (Phi) is 3.84. The van der Waals surface area contributed by atoms with E-state index in [4.69, 9.17) is 4.42 Å². The van der Waals surface area contributed by atoms with Gasteiger partial charge in [0.15, 0.2) is 0 Å². The molecule has 94 valence electrons. The molecule has 0 radical (unpaired) electrons. The fraction of sp³-hybridized carbons (Fsp3) is 0.615. The number of rotatable bonds is 3. The van der Waals surface area contributed by atoms with E-state index in [9.17, 15) is 4.79 Å². The Labute approximate surface area is 102 Å². The molecule has 0 unspecified atom stereocenters. The van der Waals surface area contributed by atoms with Crippen LogP contribution in [0.4, 0.5) is 0 Å². The Hall–Kier alpha value is -1.29. The highest BCUT2D eigenvalue weighted by atomic mass is 16.3. The van der Waals surface area contributed by atoms with E-state index in [1.807, 2.05) is 20.0 Å². The van der Waals surface area contributed by atoms with Crippen LogP contribution in [0.3, 0.4) is 0 Å². The molecule has 4 heteroatoms. The topological polar surface area (TPSA) is 45.5 Å². The van der Waals surface area contributed by atoms with Crippen LogP contribution in [0.5, 0.6) is 0 Å². The van der Waals surface area contributed by atoms with E-state index in [1.54, 1.807) is 11.2 Å². The van der Waals surface area contributed by atoms with E-state index in [0.29, 0.717) is 6.54 Å². The first-order valence-electron chi connectivity index (χ1n) is 6.20. The van der Waals surface area contributed by atoms with Gasteiger partial charge < -0.3 is 14.6 Å². The van der Waals surface area contributed by atoms with Gasteiger partial charge in [-0.25, -0.2) is 0 Å². The lowest BCUT2D eigenvalue weighted by molar-refractivity contribution is -0.133. The van der Waals surface area contributed by atoms with Crippen molar-refractivity contribution in [2.45, 2.75) is 38.8 Å². The lowest BCUT2D eigenvalue weighted by Crippen LogP contribution is -2.47. The second-order valence-electron chi connectivity index (χ2n) is 4.70. The van der Waals surface area contributed by atoms with Crippen molar-refractivity contribution in [1.82, 2.24) is 10.2 Å². The van der Waals surface area contributed by atoms with Crippen molar-refractivity contribution in [3.05, 3.63) is 23.7 Å². The van der Waals surface area contributed by atoms with Crippen molar-refractivity contribution in [1.29, 1.82) is 0 Å². The van der Waals surface area contributed by atoms with E-state index in [0.717, 1.165) is 30.7 Å². The van der Waals surface area contributed by atoms with Crippen LogP contribution in [0.25, 0.3) is 0 Å². The molecular formula is C13H20N2O2. The number of carbonyl (C=O) groups excluding carboxylic acids is 1. The Morgan fingerprint density at radius 3 is 3.00 bits per heavy atom. The molecule has 1 atom stereocenters. The van der Waals surface area contributed by atoms with Crippen LogP contribution >= 0.6 is 0 Å². The highest BCUT2D eigenvalue weighted by Crippen LogP contribution is 2.14. The Morgan fingerprint density at radius 2 is 2.41 bits per heavy atom. The summed E-state index contributed by atoms with van der Waals surface area (Å²) >= 11 is 0. The summed E-state index contributed by atoms with van der Waals surface area (Å²) in [5, 5.41) is 3.28. The minimum atomic E-state index is 0.000886. The zero-order valence-electron chi connectivity index (χ0n) is 10.5. The number of piperidine rings is 1. The Balaban J connectivity index is 1.93. The maximum Gasteiger partial charge on any atom is 0.239 e. The zero-order valence-corrected chi connectivity index (χ0v) is 10.5. The molecule has 1 amide bonds. The second-order valence-corrected chi connectivity index (χ2v) is 4.70. The van der Waals surface area contributed by atoms with Crippen LogP contribution in [0.2, 0.25) is 0 Å². The molecule has 0 aromatic carbocycles. The predicted octanol–water partition coefficient (Wildman–Crippen LogP) is 1.69. The van der Waals surface area contributed by atoms with Crippen molar-refractivity contribution in [3.63, 3.8) is 0 Å². The summed E-state index contributed by atoms with van der Waals surface area (Å²) in [4.78, 5) is 13.9. The van der Waals surface area contributed by atoms with Crippen LogP contribution in [-0.4, -0.2) is 30.4 Å². The minimum absolute atomic E-state index is 0.000886. The van der Waals surface area contributed by atoms with Gasteiger partial charge in [-0.15, -0.1) is 0 Å². The smallest absolute Gasteiger partial charge is 0.239 e. The van der Waals surface area contributed by atoms with E-state index < -0.39 is 0 Å². The van der Waals surface area contributed by atoms with Gasteiger partial charge in [0.1, 0.15) is 5.76 Å². The first kappa shape index (κ1) is 12.2. The van der Waals surface area contributed by atoms with Crippen LogP contribution in [0.15, 0.2) is 16.7 Å². The van der Waals surface area contributed by atoms with Gasteiger partial charge in [0.2, 0.25) is 5.91 Å². The first-order valence-corrected chi connectivity index (χ1v) is 6.20. The molecule has 0 saturated carbocycles. The third kappa shape index (κ3) is 2.88. The third-order valence-corrected chi connectivity index (χ3v) is 3.36. The van der Waals surface area contributed by atoms with E-state index in [2.05, 4.69) is 5.32 Å². The number of likely N-dealkylation sites (N-methyl/N-ethyl adjacent to an activating group) is 1. The molecule has 1 aliphatic rings. The Morgan fingerprint density at radius 1 is 1.59 bits per heavy atom. The predicted molar refractivity (Wildman–Crippen MR) is 65.6 cm³/mol. The number of carbonyl (C=O) groups is 1. The minimum Gasteiger partial charge on any atom is -0.469 e. The summed E-state index contributed by atoms with van der Waals surface area (Å²) < 4.78 is 5.24. The van der Waals surface area contributed by atoms with Crippen LogP contribution < -0.4 is 5.32 Å². The maximum atomic E-state index is 12.2. The molecule has 1 fully saturated rings. The molecule has 2 rings (SSSR count). The van der Waals surface area contributed by atoms with Gasteiger partial charge in [-0.05, 0) is 32.4 Å². The quantitative estimate of drug-likeness (QED) is 0.868. The van der Waals surface area contributed by atoms with Crippen LogP contribution in [-0.2, 0) is 11.3 Å². The Bertz CT molecular complexity index is 381. The summed E-state index contributed by atoms with van der Waals surface area (Å²) in [6.45, 7) is 3.50. The van der Waals surface area contributed by atoms with Crippen LogP contribution in [0.1, 0.15) is 30.6 Å². The number of nitrogens with zero attached hydrogens (tertiary/aromatic N) is 1. The molecule has 0 spiro atoms. The molecule has 0 bridgehead atoms. The van der Waals surface area contributed by atoms with E-state index in [1.165, 1.54) is 6.42 Å². The lowest BCUT2D eigenvalue weighted by Gasteiger charge is -2.27. The highest BCUT2D eigenvalue weighted by molar-refractivity contribution is 5.81. The molecule has 1 N–H and O–H groups in total. The lowest BCUT2D eigenvalue weighted by atomic mass is 10.0. The normalized spacial score (nSPS) is 20.2. The molecular weight excluding hydrogens is 216 g/mol. The van der Waals surface area contributed by atoms with E-state index in [-0.39, 0.29) is 11.9 Å². The van der Waals surface area contributed by atoms with Crippen molar-refractivity contribution in [3.8, 4) is 0 Å². The summed E-state index contributed by atoms with van der Waals surface area (Å²) in [5.41, 5.74) is 1.08. The second kappa shape index (κ2) is 5.36. The number of hydrogen-bond acceptors (Lipinski definition) is 3. The van der Waals surface area contributed by atoms with Crippen molar-refractivity contribution >= 4 is 5.91 Å². The first-order chi connectivity index (χ1) is 8.18. The number of amides is 1. The molecule has 1 aromatic rings. The van der Waals surface area contributed by atoms with Crippen molar-refractivity contribution < 1.29 is 9.21 Å². The van der Waals surface area contributed by atoms with E-state index >= 15 is 0 Å². The molecule has 4 nitrogen and oxygen atoms in total. The standard InChI is InChI=1S/C13H20N2O2/c1-10-11(6-8-17-10)9-15(2)13(16)12-5-3-4-7-14-12/h6,8,12,14H,3-5,7,9H2,1-2H3/t12-/m1/s1. The molecule has 17 heavy (non-hydrogen) atoms. The molecule has 1 aliphatic heterocycles. The van der Waals surface area contributed by atoms with Gasteiger partial charge in [0.05, 0.1) is 12.3 Å². The molecule has 0 aliphatic carbocycles. The van der Waals surface area contributed by atoms with Gasteiger partial charge >= 0.3 is 0 Å². The summed E-state index contributed by atoms with van der Waals surface area (Å²) in [6.07, 6.45) is 4.94. The maximum absolute atomic E-state index is 12.2. The van der Waals surface area contributed by atoms with Gasteiger partial charge in [-0.3, -0.25) is 4.79 Å². The van der Waals surface area contributed by atoms with Gasteiger partial charge in [0, 0.05) is 19.2 Å². The summed E-state index contributed by atoms with van der Waals surface area (Å²) in [5.74, 6) is 1.08. The largest absolute Gasteiger partial charge is 0.469 e. The fourth-order valence-electron chi connectivity index (χ4n) is 2.24. The van der Waals surface area contributed by atoms with Crippen LogP contribution in [0, 0.1) is 6.92 Å². The van der Waals surface area contributed by atoms with Crippen molar-refractivity contribution in [2.24, 2.45) is 0 Å². The number of hydrogen-bond donors (Lipinski definition) is 1. The SMILES string of the molecule is Cc1occc1CN(C)C(=O)[C@H]1CCCCN1. The summed E-state index contributed by atoms with van der Waals surface area (Å²) in [7, 11) is 1.85. The summed E-state index contributed by atoms with van der Waals surface area (Å²) in [6, 6.07) is 1.92. The third-order valence-electron chi connectivity index (χ3n) is 3.36. The average Bonchev–Trinajstić information content (AvgIpc) is 2.75. The number of nitrogens with one attached hydrogen (secondary N) is 1. The monoisotopic (exact) mass is 236 g/mol. The molecule has 1 aromatic heterocycles. The zero-order chi connectivity index (χ0) is 12.3. The average molecular weight is 236 g/mol. The molecule has 1 saturated heterocycles. The number of furan rings is 1. The van der Waals surface area contributed by atoms with Gasteiger partial charge in [-0.2, -0.15) is 0 Å². The highest BCUT2D eigenvalue weighted by Gasteiger charge is 2.23. The van der Waals surface area contributed by atoms with Gasteiger partial charge in [0.25, 0.3) is 0 Å². The number of aryl methyl sites for hydroxylation is 1. The fourth-order valence-corrected chi connectivity index (χ4v) is 2.24. The van der Waals surface area contributed by atoms with Gasteiger partial charge in [-0.1, -0.05) is 6.42 Å².